The minimum atomic E-state index is -3.48. The van der Waals surface area contributed by atoms with Crippen LogP contribution in [0.1, 0.15) is 38.3 Å². The first-order valence-corrected chi connectivity index (χ1v) is 9.11. The van der Waals surface area contributed by atoms with E-state index in [1.165, 1.54) is 0 Å². The van der Waals surface area contributed by atoms with Gasteiger partial charge in [0, 0.05) is 17.1 Å². The summed E-state index contributed by atoms with van der Waals surface area (Å²) in [7, 11) is -3.48. The highest BCUT2D eigenvalue weighted by Gasteiger charge is 2.21. The second kappa shape index (κ2) is 7.54. The van der Waals surface area contributed by atoms with Crippen molar-refractivity contribution < 1.29 is 8.42 Å². The first-order valence-electron chi connectivity index (χ1n) is 6.83. The third-order valence-electron chi connectivity index (χ3n) is 3.19. The van der Waals surface area contributed by atoms with Gasteiger partial charge >= 0.3 is 0 Å². The van der Waals surface area contributed by atoms with E-state index in [1.54, 1.807) is 6.07 Å². The number of nitrogens with one attached hydrogen (secondary N) is 2. The molecule has 0 fully saturated rings. The molecule has 6 heteroatoms. The Bertz CT molecular complexity index is 559. The van der Waals surface area contributed by atoms with Crippen molar-refractivity contribution in [1.82, 2.24) is 10.0 Å². The van der Waals surface area contributed by atoms with Crippen LogP contribution in [0.5, 0.6) is 0 Å². The van der Waals surface area contributed by atoms with Crippen LogP contribution in [0.25, 0.3) is 0 Å². The van der Waals surface area contributed by atoms with E-state index in [1.807, 2.05) is 33.8 Å². The van der Waals surface area contributed by atoms with E-state index in [0.717, 1.165) is 28.6 Å². The van der Waals surface area contributed by atoms with Crippen molar-refractivity contribution in [3.8, 4) is 0 Å². The molecule has 0 bridgehead atoms. The maximum atomic E-state index is 12.4. The topological polar surface area (TPSA) is 58.2 Å². The van der Waals surface area contributed by atoms with Crippen LogP contribution < -0.4 is 10.0 Å². The van der Waals surface area contributed by atoms with Gasteiger partial charge in [-0.2, -0.15) is 0 Å². The quantitative estimate of drug-likeness (QED) is 0.783. The van der Waals surface area contributed by atoms with Gasteiger partial charge in [0.15, 0.2) is 0 Å². The van der Waals surface area contributed by atoms with Gasteiger partial charge in [0.25, 0.3) is 0 Å². The van der Waals surface area contributed by atoms with Gasteiger partial charge in [-0.1, -0.05) is 29.8 Å². The van der Waals surface area contributed by atoms with Gasteiger partial charge in [0.05, 0.1) is 4.90 Å². The molecule has 0 aliphatic carbocycles. The highest BCUT2D eigenvalue weighted by Crippen LogP contribution is 2.26. The van der Waals surface area contributed by atoms with Gasteiger partial charge < -0.3 is 5.32 Å². The first kappa shape index (κ1) is 17.6. The van der Waals surface area contributed by atoms with Gasteiger partial charge in [0.1, 0.15) is 0 Å². The summed E-state index contributed by atoms with van der Waals surface area (Å²) in [4.78, 5) is 0.347. The lowest BCUT2D eigenvalue weighted by Gasteiger charge is -2.16. The molecule has 0 saturated carbocycles. The van der Waals surface area contributed by atoms with Crippen LogP contribution in [0.2, 0.25) is 0 Å². The van der Waals surface area contributed by atoms with E-state index in [9.17, 15) is 8.42 Å². The third-order valence-corrected chi connectivity index (χ3v) is 5.73. The third kappa shape index (κ3) is 4.55. The molecular formula is C14H23BrN2O2S. The predicted octanol–water partition coefficient (Wildman–Crippen LogP) is 2.94. The number of sulfonamides is 1. The highest BCUT2D eigenvalue weighted by molar-refractivity contribution is 9.10. The van der Waals surface area contributed by atoms with Gasteiger partial charge in [-0.25, -0.2) is 13.1 Å². The second-order valence-corrected chi connectivity index (χ2v) is 7.45. The molecule has 0 radical (unpaired) electrons. The van der Waals surface area contributed by atoms with Crippen LogP contribution in [-0.4, -0.2) is 21.0 Å². The summed E-state index contributed by atoms with van der Waals surface area (Å²) in [5.74, 6) is 0. The van der Waals surface area contributed by atoms with Crippen LogP contribution in [0.4, 0.5) is 0 Å². The van der Waals surface area contributed by atoms with Crippen LogP contribution in [-0.2, 0) is 16.6 Å². The lowest BCUT2D eigenvalue weighted by atomic mass is 10.1. The zero-order valence-corrected chi connectivity index (χ0v) is 14.9. The monoisotopic (exact) mass is 362 g/mol. The van der Waals surface area contributed by atoms with Crippen molar-refractivity contribution in [2.75, 3.05) is 6.54 Å². The molecule has 114 valence electrons. The van der Waals surface area contributed by atoms with Gasteiger partial charge in [-0.05, 0) is 50.1 Å². The molecule has 0 heterocycles. The largest absolute Gasteiger partial charge is 0.313 e. The van der Waals surface area contributed by atoms with Crippen LogP contribution in [0.3, 0.4) is 0 Å². The van der Waals surface area contributed by atoms with E-state index in [-0.39, 0.29) is 6.04 Å². The summed E-state index contributed by atoms with van der Waals surface area (Å²) in [6.45, 7) is 9.15. The Kier molecular flexibility index (Phi) is 6.64. The van der Waals surface area contributed by atoms with Crippen molar-refractivity contribution >= 4 is 26.0 Å². The lowest BCUT2D eigenvalue weighted by Crippen LogP contribution is -2.32. The van der Waals surface area contributed by atoms with E-state index >= 15 is 0 Å². The molecule has 1 aromatic carbocycles. The predicted molar refractivity (Wildman–Crippen MR) is 86.3 cm³/mol. The number of hydrogen-bond donors (Lipinski definition) is 2. The number of rotatable bonds is 7. The van der Waals surface area contributed by atoms with Crippen LogP contribution in [0, 0.1) is 6.92 Å². The van der Waals surface area contributed by atoms with Crippen molar-refractivity contribution in [3.05, 3.63) is 27.7 Å². The molecule has 1 rings (SSSR count). The van der Waals surface area contributed by atoms with Gasteiger partial charge in [-0.3, -0.25) is 0 Å². The maximum Gasteiger partial charge on any atom is 0.241 e. The Morgan fingerprint density at radius 2 is 1.95 bits per heavy atom. The molecule has 4 nitrogen and oxygen atoms in total. The molecule has 2 N–H and O–H groups in total. The lowest BCUT2D eigenvalue weighted by molar-refractivity contribution is 0.555. The molecule has 0 spiro atoms. The molecule has 1 unspecified atom stereocenters. The molecule has 20 heavy (non-hydrogen) atoms. The summed E-state index contributed by atoms with van der Waals surface area (Å²) in [6, 6.07) is 3.63. The Balaban J connectivity index is 3.18. The molecule has 1 aromatic rings. The smallest absolute Gasteiger partial charge is 0.241 e. The van der Waals surface area contributed by atoms with Gasteiger partial charge in [-0.15, -0.1) is 0 Å². The molecule has 0 aliphatic rings. The van der Waals surface area contributed by atoms with Crippen LogP contribution in [0.15, 0.2) is 21.5 Å². The average Bonchev–Trinajstić information content (AvgIpc) is 2.39. The Labute approximate surface area is 130 Å². The van der Waals surface area contributed by atoms with Crippen LogP contribution >= 0.6 is 15.9 Å². The van der Waals surface area contributed by atoms with Crippen molar-refractivity contribution in [3.63, 3.8) is 0 Å². The Hall–Kier alpha value is -0.430. The number of hydrogen-bond acceptors (Lipinski definition) is 3. The van der Waals surface area contributed by atoms with E-state index in [4.69, 9.17) is 0 Å². The van der Waals surface area contributed by atoms with E-state index in [2.05, 4.69) is 26.0 Å². The fourth-order valence-corrected chi connectivity index (χ4v) is 4.05. The molecule has 0 aliphatic heterocycles. The number of halogens is 1. The van der Waals surface area contributed by atoms with Gasteiger partial charge in [0.2, 0.25) is 10.0 Å². The summed E-state index contributed by atoms with van der Waals surface area (Å²) < 4.78 is 28.4. The number of benzene rings is 1. The molecule has 0 aromatic heterocycles. The fraction of sp³-hybridized carbons (Fsp3) is 0.571. The zero-order valence-electron chi connectivity index (χ0n) is 12.5. The summed E-state index contributed by atoms with van der Waals surface area (Å²) in [5.41, 5.74) is 1.69. The fourth-order valence-electron chi connectivity index (χ4n) is 1.77. The highest BCUT2D eigenvalue weighted by atomic mass is 79.9. The normalized spacial score (nSPS) is 13.4. The Morgan fingerprint density at radius 1 is 1.30 bits per heavy atom. The minimum Gasteiger partial charge on any atom is -0.313 e. The Morgan fingerprint density at radius 3 is 2.50 bits per heavy atom. The van der Waals surface area contributed by atoms with Crippen molar-refractivity contribution in [1.29, 1.82) is 0 Å². The van der Waals surface area contributed by atoms with Crippen molar-refractivity contribution in [2.24, 2.45) is 0 Å². The molecule has 0 saturated heterocycles. The van der Waals surface area contributed by atoms with Crippen molar-refractivity contribution in [2.45, 2.75) is 51.6 Å². The van der Waals surface area contributed by atoms with E-state index < -0.39 is 10.0 Å². The summed E-state index contributed by atoms with van der Waals surface area (Å²) >= 11 is 3.44. The molecule has 0 amide bonds. The minimum absolute atomic E-state index is 0.0735. The summed E-state index contributed by atoms with van der Waals surface area (Å²) in [6.07, 6.45) is 0.760. The molecule has 1 atom stereocenters. The van der Waals surface area contributed by atoms with E-state index in [0.29, 0.717) is 11.4 Å². The standard InChI is InChI=1S/C14H23BrN2O2S/c1-5-10(3)17-20(18,19)14-8-12(9-16-6-2)7-13(15)11(14)4/h7-8,10,16-17H,5-6,9H2,1-4H3. The average molecular weight is 363 g/mol. The second-order valence-electron chi connectivity index (χ2n) is 4.91. The zero-order chi connectivity index (χ0) is 15.3. The molecular weight excluding hydrogens is 340 g/mol. The maximum absolute atomic E-state index is 12.4. The first-order chi connectivity index (χ1) is 9.31. The summed E-state index contributed by atoms with van der Waals surface area (Å²) in [5, 5.41) is 3.21. The SMILES string of the molecule is CCNCc1cc(Br)c(C)c(S(=O)(=O)NC(C)CC)c1.